The fraction of sp³-hybridized carbons (Fsp3) is 0.550. The predicted molar refractivity (Wildman–Crippen MR) is 115 cm³/mol. The molecule has 30 heavy (non-hydrogen) atoms. The molecule has 2 amide bonds. The molecule has 0 saturated carbocycles. The van der Waals surface area contributed by atoms with Crippen LogP contribution in [0.5, 0.6) is 0 Å². The van der Waals surface area contributed by atoms with Gasteiger partial charge in [0.1, 0.15) is 18.5 Å². The minimum absolute atomic E-state index is 0.207. The number of cyclic esters (lactones) is 1. The van der Waals surface area contributed by atoms with E-state index >= 15 is 0 Å². The van der Waals surface area contributed by atoms with Crippen molar-refractivity contribution in [3.8, 4) is 0 Å². The standard InChI is InChI=1S/C20H27FN4O4S/c1-13(2)19(30)22-10-15-11-25(20(28)29-15)14-3-4-17(16(21)9-14)23-5-7-24(8-6-23)18(27)12-26/h3-4,9,13,15,26H,5-8,10-12H2,1-2H3,(H,22,30). The maximum Gasteiger partial charge on any atom is 0.414 e. The maximum absolute atomic E-state index is 14.8. The molecule has 0 aromatic heterocycles. The third kappa shape index (κ3) is 4.99. The van der Waals surface area contributed by atoms with Gasteiger partial charge in [0, 0.05) is 32.1 Å². The highest BCUT2D eigenvalue weighted by atomic mass is 32.1. The highest BCUT2D eigenvalue weighted by Gasteiger charge is 2.33. The summed E-state index contributed by atoms with van der Waals surface area (Å²) < 4.78 is 20.2. The first kappa shape index (κ1) is 22.2. The molecule has 2 aliphatic heterocycles. The van der Waals surface area contributed by atoms with Gasteiger partial charge in [0.2, 0.25) is 5.91 Å². The number of aliphatic hydroxyl groups excluding tert-OH is 1. The third-order valence-corrected chi connectivity index (χ3v) is 5.87. The number of hydrogen-bond acceptors (Lipinski definition) is 6. The van der Waals surface area contributed by atoms with Crippen LogP contribution in [0.15, 0.2) is 18.2 Å². The molecule has 1 atom stereocenters. The molecule has 8 nitrogen and oxygen atoms in total. The molecule has 2 aliphatic rings. The second-order valence-electron chi connectivity index (χ2n) is 7.68. The summed E-state index contributed by atoms with van der Waals surface area (Å²) in [6.07, 6.45) is -0.880. The highest BCUT2D eigenvalue weighted by Crippen LogP contribution is 2.28. The second-order valence-corrected chi connectivity index (χ2v) is 8.12. The normalized spacial score (nSPS) is 19.3. The van der Waals surface area contributed by atoms with Crippen molar-refractivity contribution in [3.05, 3.63) is 24.0 Å². The zero-order chi connectivity index (χ0) is 21.8. The molecule has 0 spiro atoms. The van der Waals surface area contributed by atoms with Crippen molar-refractivity contribution >= 4 is 40.6 Å². The van der Waals surface area contributed by atoms with Gasteiger partial charge in [-0.3, -0.25) is 9.69 Å². The average Bonchev–Trinajstić information content (AvgIpc) is 3.12. The van der Waals surface area contributed by atoms with E-state index in [1.54, 1.807) is 17.0 Å². The second kappa shape index (κ2) is 9.57. The number of benzene rings is 1. The molecule has 1 aromatic carbocycles. The summed E-state index contributed by atoms with van der Waals surface area (Å²) in [5, 5.41) is 12.1. The number of hydrogen-bond donors (Lipinski definition) is 2. The number of nitrogens with one attached hydrogen (secondary N) is 1. The van der Waals surface area contributed by atoms with Gasteiger partial charge in [0.15, 0.2) is 0 Å². The van der Waals surface area contributed by atoms with Gasteiger partial charge in [-0.2, -0.15) is 0 Å². The average molecular weight is 439 g/mol. The molecular formula is C20H27FN4O4S. The molecule has 1 unspecified atom stereocenters. The summed E-state index contributed by atoms with van der Waals surface area (Å²) in [6, 6.07) is 4.66. The van der Waals surface area contributed by atoms with E-state index in [2.05, 4.69) is 5.32 Å². The summed E-state index contributed by atoms with van der Waals surface area (Å²) in [5.74, 6) is -0.556. The highest BCUT2D eigenvalue weighted by molar-refractivity contribution is 7.80. The number of aliphatic hydroxyl groups is 1. The summed E-state index contributed by atoms with van der Waals surface area (Å²) in [5.41, 5.74) is 0.854. The molecular weight excluding hydrogens is 411 g/mol. The van der Waals surface area contributed by atoms with Crippen LogP contribution in [0.2, 0.25) is 0 Å². The molecule has 2 N–H and O–H groups in total. The minimum Gasteiger partial charge on any atom is -0.442 e. The fourth-order valence-electron chi connectivity index (χ4n) is 3.47. The Bertz CT molecular complexity index is 814. The molecule has 0 radical (unpaired) electrons. The van der Waals surface area contributed by atoms with Crippen LogP contribution in [0.3, 0.4) is 0 Å². The Labute approximate surface area is 180 Å². The minimum atomic E-state index is -0.519. The van der Waals surface area contributed by atoms with Crippen molar-refractivity contribution in [3.63, 3.8) is 0 Å². The van der Waals surface area contributed by atoms with Crippen LogP contribution in [-0.4, -0.2) is 79.0 Å². The summed E-state index contributed by atoms with van der Waals surface area (Å²) in [4.78, 5) is 29.3. The van der Waals surface area contributed by atoms with Gasteiger partial charge in [-0.15, -0.1) is 0 Å². The van der Waals surface area contributed by atoms with E-state index < -0.39 is 18.5 Å². The maximum atomic E-state index is 14.8. The lowest BCUT2D eigenvalue weighted by molar-refractivity contribution is -0.134. The van der Waals surface area contributed by atoms with E-state index in [4.69, 9.17) is 22.1 Å². The lowest BCUT2D eigenvalue weighted by Crippen LogP contribution is -2.49. The largest absolute Gasteiger partial charge is 0.442 e. The number of thiocarbonyl (C=S) groups is 1. The van der Waals surface area contributed by atoms with Crippen LogP contribution in [0.1, 0.15) is 13.8 Å². The number of rotatable bonds is 6. The SMILES string of the molecule is CC(C)C(=S)NCC1CN(c2ccc(N3CCN(C(=O)CO)CC3)c(F)c2)C(=O)O1. The monoisotopic (exact) mass is 438 g/mol. The Morgan fingerprint density at radius 3 is 2.63 bits per heavy atom. The number of nitrogens with zero attached hydrogens (tertiary/aromatic N) is 3. The van der Waals surface area contributed by atoms with Crippen molar-refractivity contribution in [1.82, 2.24) is 10.2 Å². The summed E-state index contributed by atoms with van der Waals surface area (Å²) in [7, 11) is 0. The number of anilines is 2. The predicted octanol–water partition coefficient (Wildman–Crippen LogP) is 1.36. The van der Waals surface area contributed by atoms with Crippen LogP contribution in [0, 0.1) is 11.7 Å². The smallest absolute Gasteiger partial charge is 0.414 e. The van der Waals surface area contributed by atoms with Gasteiger partial charge in [0.25, 0.3) is 0 Å². The molecule has 10 heteroatoms. The molecule has 3 rings (SSSR count). The van der Waals surface area contributed by atoms with Crippen LogP contribution in [0.25, 0.3) is 0 Å². The van der Waals surface area contributed by atoms with Crippen molar-refractivity contribution in [1.29, 1.82) is 0 Å². The van der Waals surface area contributed by atoms with Crippen LogP contribution >= 0.6 is 12.2 Å². The fourth-order valence-corrected chi connectivity index (χ4v) is 3.56. The van der Waals surface area contributed by atoms with E-state index in [0.29, 0.717) is 55.6 Å². The first-order chi connectivity index (χ1) is 14.3. The zero-order valence-corrected chi connectivity index (χ0v) is 18.0. The van der Waals surface area contributed by atoms with Crippen LogP contribution in [-0.2, 0) is 9.53 Å². The molecule has 0 aliphatic carbocycles. The lowest BCUT2D eigenvalue weighted by atomic mass is 10.2. The van der Waals surface area contributed by atoms with E-state index in [9.17, 15) is 14.0 Å². The Balaban J connectivity index is 1.61. The van der Waals surface area contributed by atoms with Crippen molar-refractivity contribution in [2.45, 2.75) is 20.0 Å². The van der Waals surface area contributed by atoms with Crippen molar-refractivity contribution in [2.24, 2.45) is 5.92 Å². The van der Waals surface area contributed by atoms with Gasteiger partial charge in [-0.1, -0.05) is 26.1 Å². The number of amides is 2. The van der Waals surface area contributed by atoms with Gasteiger partial charge in [0.05, 0.1) is 29.5 Å². The Morgan fingerprint density at radius 1 is 1.33 bits per heavy atom. The first-order valence-corrected chi connectivity index (χ1v) is 10.4. The molecule has 0 bridgehead atoms. The summed E-state index contributed by atoms with van der Waals surface area (Å²) >= 11 is 5.23. The Kier molecular flexibility index (Phi) is 7.09. The Morgan fingerprint density at radius 2 is 2.03 bits per heavy atom. The number of piperazine rings is 1. The Hall–Kier alpha value is -2.46. The number of ether oxygens (including phenoxy) is 1. The van der Waals surface area contributed by atoms with E-state index in [1.807, 2.05) is 18.7 Å². The molecule has 2 heterocycles. The number of halogens is 1. The van der Waals surface area contributed by atoms with Gasteiger partial charge < -0.3 is 25.0 Å². The zero-order valence-electron chi connectivity index (χ0n) is 17.1. The quantitative estimate of drug-likeness (QED) is 0.649. The topological polar surface area (TPSA) is 85.4 Å². The molecule has 2 fully saturated rings. The number of carbonyl (C=O) groups excluding carboxylic acids is 2. The van der Waals surface area contributed by atoms with Crippen molar-refractivity contribution in [2.75, 3.05) is 55.7 Å². The van der Waals surface area contributed by atoms with Crippen molar-refractivity contribution < 1.29 is 23.8 Å². The number of carbonyl (C=O) groups is 2. The third-order valence-electron chi connectivity index (χ3n) is 5.25. The van der Waals surface area contributed by atoms with Gasteiger partial charge in [-0.05, 0) is 18.2 Å². The molecule has 2 saturated heterocycles. The first-order valence-electron chi connectivity index (χ1n) is 9.99. The van der Waals surface area contributed by atoms with Crippen LogP contribution < -0.4 is 15.1 Å². The van der Waals surface area contributed by atoms with Gasteiger partial charge in [-0.25, -0.2) is 9.18 Å². The van der Waals surface area contributed by atoms with E-state index in [-0.39, 0.29) is 17.9 Å². The van der Waals surface area contributed by atoms with Gasteiger partial charge >= 0.3 is 6.09 Å². The van der Waals surface area contributed by atoms with Crippen LogP contribution in [0.4, 0.5) is 20.6 Å². The van der Waals surface area contributed by atoms with E-state index in [0.717, 1.165) is 0 Å². The lowest BCUT2D eigenvalue weighted by Gasteiger charge is -2.36. The molecule has 164 valence electrons. The summed E-state index contributed by atoms with van der Waals surface area (Å²) in [6.45, 7) is 5.96. The molecule has 1 aromatic rings. The van der Waals surface area contributed by atoms with E-state index in [1.165, 1.54) is 11.0 Å².